The fraction of sp³-hybridized carbons (Fsp3) is 0.625. The standard InChI is InChI=1S/C8H12N2O/c1-6-5-9-10(2)7(6)8(11)3-4-8/h5,11H,3-4H2,1-2H3. The number of aromatic nitrogens is 2. The highest BCUT2D eigenvalue weighted by Gasteiger charge is 2.45. The lowest BCUT2D eigenvalue weighted by atomic mass is 10.1. The van der Waals surface area contributed by atoms with Gasteiger partial charge in [0.2, 0.25) is 0 Å². The summed E-state index contributed by atoms with van der Waals surface area (Å²) in [6, 6.07) is 0. The first-order valence-electron chi connectivity index (χ1n) is 3.85. The summed E-state index contributed by atoms with van der Waals surface area (Å²) in [6.07, 6.45) is 3.56. The van der Waals surface area contributed by atoms with Crippen molar-refractivity contribution in [1.82, 2.24) is 9.78 Å². The van der Waals surface area contributed by atoms with Gasteiger partial charge in [0.25, 0.3) is 0 Å². The molecule has 3 nitrogen and oxygen atoms in total. The lowest BCUT2D eigenvalue weighted by Gasteiger charge is -2.08. The molecule has 60 valence electrons. The summed E-state index contributed by atoms with van der Waals surface area (Å²) >= 11 is 0. The molecule has 3 heteroatoms. The van der Waals surface area contributed by atoms with E-state index in [2.05, 4.69) is 5.10 Å². The predicted molar refractivity (Wildman–Crippen MR) is 41.1 cm³/mol. The summed E-state index contributed by atoms with van der Waals surface area (Å²) < 4.78 is 1.77. The second-order valence-electron chi connectivity index (χ2n) is 3.33. The summed E-state index contributed by atoms with van der Waals surface area (Å²) in [5, 5.41) is 13.9. The summed E-state index contributed by atoms with van der Waals surface area (Å²) in [5.74, 6) is 0. The van der Waals surface area contributed by atoms with Crippen molar-refractivity contribution in [3.05, 3.63) is 17.5 Å². The average Bonchev–Trinajstić information content (AvgIpc) is 2.56. The third-order valence-electron chi connectivity index (χ3n) is 2.29. The van der Waals surface area contributed by atoms with Gasteiger partial charge in [-0.1, -0.05) is 0 Å². The van der Waals surface area contributed by atoms with Crippen LogP contribution in [0.25, 0.3) is 0 Å². The number of rotatable bonds is 1. The lowest BCUT2D eigenvalue weighted by Crippen LogP contribution is -2.12. The van der Waals surface area contributed by atoms with Gasteiger partial charge < -0.3 is 5.11 Å². The van der Waals surface area contributed by atoms with Gasteiger partial charge in [-0.3, -0.25) is 4.68 Å². The maximum absolute atomic E-state index is 9.79. The van der Waals surface area contributed by atoms with Gasteiger partial charge in [0.1, 0.15) is 5.60 Å². The van der Waals surface area contributed by atoms with Crippen molar-refractivity contribution < 1.29 is 5.11 Å². The molecule has 0 aliphatic heterocycles. The van der Waals surface area contributed by atoms with Gasteiger partial charge in [-0.25, -0.2) is 0 Å². The minimum absolute atomic E-state index is 0.546. The topological polar surface area (TPSA) is 38.0 Å². The van der Waals surface area contributed by atoms with E-state index in [-0.39, 0.29) is 0 Å². The first kappa shape index (κ1) is 6.85. The van der Waals surface area contributed by atoms with Gasteiger partial charge >= 0.3 is 0 Å². The first-order valence-corrected chi connectivity index (χ1v) is 3.85. The van der Waals surface area contributed by atoms with Crippen LogP contribution in [0.3, 0.4) is 0 Å². The minimum Gasteiger partial charge on any atom is -0.384 e. The van der Waals surface area contributed by atoms with E-state index in [1.165, 1.54) is 0 Å². The normalized spacial score (nSPS) is 20.3. The van der Waals surface area contributed by atoms with Crippen molar-refractivity contribution in [1.29, 1.82) is 0 Å². The second kappa shape index (κ2) is 1.85. The van der Waals surface area contributed by atoms with E-state index in [9.17, 15) is 5.11 Å². The number of hydrogen-bond acceptors (Lipinski definition) is 2. The largest absolute Gasteiger partial charge is 0.384 e. The smallest absolute Gasteiger partial charge is 0.107 e. The Hall–Kier alpha value is -0.830. The molecule has 0 radical (unpaired) electrons. The molecule has 1 heterocycles. The highest BCUT2D eigenvalue weighted by Crippen LogP contribution is 2.45. The summed E-state index contributed by atoms with van der Waals surface area (Å²) in [4.78, 5) is 0. The van der Waals surface area contributed by atoms with E-state index in [0.717, 1.165) is 24.1 Å². The molecular formula is C8H12N2O. The summed E-state index contributed by atoms with van der Waals surface area (Å²) in [7, 11) is 1.87. The third-order valence-corrected chi connectivity index (χ3v) is 2.29. The Morgan fingerprint density at radius 3 is 2.64 bits per heavy atom. The molecule has 0 spiro atoms. The Kier molecular flexibility index (Phi) is 1.16. The van der Waals surface area contributed by atoms with Gasteiger partial charge in [0, 0.05) is 7.05 Å². The molecule has 0 aromatic carbocycles. The molecule has 1 saturated carbocycles. The molecule has 0 amide bonds. The Balaban J connectivity index is 2.50. The Bertz CT molecular complexity index is 267. The van der Waals surface area contributed by atoms with Crippen LogP contribution >= 0.6 is 0 Å². The summed E-state index contributed by atoms with van der Waals surface area (Å²) in [5.41, 5.74) is 1.53. The van der Waals surface area contributed by atoms with Gasteiger partial charge in [-0.2, -0.15) is 5.10 Å². The van der Waals surface area contributed by atoms with Gasteiger partial charge in [0.15, 0.2) is 0 Å². The second-order valence-corrected chi connectivity index (χ2v) is 3.33. The highest BCUT2D eigenvalue weighted by atomic mass is 16.3. The fourth-order valence-corrected chi connectivity index (χ4v) is 1.57. The zero-order chi connectivity index (χ0) is 8.06. The zero-order valence-corrected chi connectivity index (χ0v) is 6.83. The van der Waals surface area contributed by atoms with Crippen LogP contribution in [-0.2, 0) is 12.6 Å². The Labute approximate surface area is 65.7 Å². The monoisotopic (exact) mass is 152 g/mol. The quantitative estimate of drug-likeness (QED) is 0.643. The third kappa shape index (κ3) is 0.878. The van der Waals surface area contributed by atoms with Crippen LogP contribution in [0, 0.1) is 6.92 Å². The van der Waals surface area contributed by atoms with Crippen molar-refractivity contribution in [2.24, 2.45) is 7.05 Å². The van der Waals surface area contributed by atoms with E-state index in [1.807, 2.05) is 14.0 Å². The molecule has 1 fully saturated rings. The van der Waals surface area contributed by atoms with Crippen LogP contribution in [0.1, 0.15) is 24.1 Å². The molecule has 0 bridgehead atoms. The van der Waals surface area contributed by atoms with Crippen LogP contribution < -0.4 is 0 Å². The van der Waals surface area contributed by atoms with Crippen molar-refractivity contribution in [3.8, 4) is 0 Å². The SMILES string of the molecule is Cc1cnn(C)c1C1(O)CC1. The van der Waals surface area contributed by atoms with E-state index in [0.29, 0.717) is 0 Å². The van der Waals surface area contributed by atoms with Gasteiger partial charge in [-0.15, -0.1) is 0 Å². The lowest BCUT2D eigenvalue weighted by molar-refractivity contribution is 0.140. The molecule has 1 aromatic heterocycles. The van der Waals surface area contributed by atoms with Crippen LogP contribution in [0.4, 0.5) is 0 Å². The Morgan fingerprint density at radius 1 is 1.64 bits per heavy atom. The fourth-order valence-electron chi connectivity index (χ4n) is 1.57. The van der Waals surface area contributed by atoms with Crippen molar-refractivity contribution in [2.75, 3.05) is 0 Å². The molecular weight excluding hydrogens is 140 g/mol. The molecule has 11 heavy (non-hydrogen) atoms. The molecule has 0 unspecified atom stereocenters. The van der Waals surface area contributed by atoms with Gasteiger partial charge in [0.05, 0.1) is 11.9 Å². The predicted octanol–water partition coefficient (Wildman–Crippen LogP) is 0.710. The van der Waals surface area contributed by atoms with E-state index in [4.69, 9.17) is 0 Å². The average molecular weight is 152 g/mol. The molecule has 1 aliphatic carbocycles. The maximum Gasteiger partial charge on any atom is 0.107 e. The number of hydrogen-bond donors (Lipinski definition) is 1. The van der Waals surface area contributed by atoms with Crippen molar-refractivity contribution in [2.45, 2.75) is 25.4 Å². The van der Waals surface area contributed by atoms with Crippen molar-refractivity contribution in [3.63, 3.8) is 0 Å². The number of aryl methyl sites for hydroxylation is 2. The van der Waals surface area contributed by atoms with E-state index in [1.54, 1.807) is 10.9 Å². The number of nitrogens with zero attached hydrogens (tertiary/aromatic N) is 2. The molecule has 2 rings (SSSR count). The zero-order valence-electron chi connectivity index (χ0n) is 6.83. The van der Waals surface area contributed by atoms with Crippen LogP contribution in [0.2, 0.25) is 0 Å². The van der Waals surface area contributed by atoms with Crippen LogP contribution in [0.15, 0.2) is 6.20 Å². The van der Waals surface area contributed by atoms with Crippen LogP contribution in [0.5, 0.6) is 0 Å². The van der Waals surface area contributed by atoms with Gasteiger partial charge in [-0.05, 0) is 25.3 Å². The summed E-state index contributed by atoms with van der Waals surface area (Å²) in [6.45, 7) is 1.98. The Morgan fingerprint density at radius 2 is 2.27 bits per heavy atom. The van der Waals surface area contributed by atoms with E-state index >= 15 is 0 Å². The minimum atomic E-state index is -0.546. The maximum atomic E-state index is 9.79. The number of aliphatic hydroxyl groups is 1. The molecule has 1 aliphatic rings. The highest BCUT2D eigenvalue weighted by molar-refractivity contribution is 5.27. The molecule has 1 aromatic rings. The molecule has 0 atom stereocenters. The van der Waals surface area contributed by atoms with Crippen LogP contribution in [-0.4, -0.2) is 14.9 Å². The van der Waals surface area contributed by atoms with E-state index < -0.39 is 5.60 Å². The first-order chi connectivity index (χ1) is 5.13. The molecule has 1 N–H and O–H groups in total. The van der Waals surface area contributed by atoms with Crippen molar-refractivity contribution >= 4 is 0 Å². The molecule has 0 saturated heterocycles.